The minimum atomic E-state index is 0.784. The first kappa shape index (κ1) is 26.4. The zero-order valence-electron chi connectivity index (χ0n) is 23.7. The summed E-state index contributed by atoms with van der Waals surface area (Å²) >= 11 is 1.87. The summed E-state index contributed by atoms with van der Waals surface area (Å²) in [6, 6.07) is 26.5. The molecule has 1 aliphatic carbocycles. The summed E-state index contributed by atoms with van der Waals surface area (Å²) in [4.78, 5) is 8.64. The molecule has 2 heterocycles. The summed E-state index contributed by atoms with van der Waals surface area (Å²) in [6.45, 7) is 10.9. The van der Waals surface area contributed by atoms with Crippen molar-refractivity contribution in [2.75, 3.05) is 11.9 Å². The Morgan fingerprint density at radius 2 is 1.32 bits per heavy atom. The van der Waals surface area contributed by atoms with Crippen LogP contribution in [0.3, 0.4) is 0 Å². The van der Waals surface area contributed by atoms with E-state index in [1.54, 1.807) is 5.56 Å². The average Bonchev–Trinajstić information content (AvgIpc) is 3.71. The Balaban J connectivity index is 0.000000206. The van der Waals surface area contributed by atoms with Gasteiger partial charge in [-0.2, -0.15) is 0 Å². The van der Waals surface area contributed by atoms with Gasteiger partial charge >= 0.3 is 0 Å². The summed E-state index contributed by atoms with van der Waals surface area (Å²) in [7, 11) is 2.18. The molecule has 0 radical (unpaired) electrons. The van der Waals surface area contributed by atoms with Crippen molar-refractivity contribution < 1.29 is 0 Å². The number of hydrogen-bond acceptors (Lipinski definition) is 2. The van der Waals surface area contributed by atoms with Gasteiger partial charge in [-0.15, -0.1) is 0 Å². The van der Waals surface area contributed by atoms with Crippen molar-refractivity contribution in [2.24, 2.45) is 0 Å². The molecule has 1 N–H and O–H groups in total. The van der Waals surface area contributed by atoms with Crippen LogP contribution in [-0.2, 0) is 0 Å². The number of aryl methyl sites for hydroxylation is 3. The fourth-order valence-corrected chi connectivity index (χ4v) is 6.17. The van der Waals surface area contributed by atoms with Crippen LogP contribution in [0.4, 0.5) is 11.4 Å². The number of anilines is 2. The minimum absolute atomic E-state index is 0.784. The normalized spacial score (nSPS) is 13.8. The van der Waals surface area contributed by atoms with E-state index in [1.807, 2.05) is 11.8 Å². The fraction of sp³-hybridized carbons (Fsp3) is 0.314. The van der Waals surface area contributed by atoms with E-state index in [4.69, 9.17) is 0 Å². The van der Waals surface area contributed by atoms with Crippen LogP contribution in [0, 0.1) is 20.8 Å². The van der Waals surface area contributed by atoms with Crippen molar-refractivity contribution in [1.82, 2.24) is 4.98 Å². The molecule has 4 aromatic carbocycles. The fourth-order valence-electron chi connectivity index (χ4n) is 5.00. The number of benzene rings is 4. The molecule has 2 nitrogen and oxygen atoms in total. The van der Waals surface area contributed by atoms with Crippen molar-refractivity contribution in [3.63, 3.8) is 0 Å². The summed E-state index contributed by atoms with van der Waals surface area (Å²) < 4.78 is 0. The van der Waals surface area contributed by atoms with Crippen LogP contribution in [0.1, 0.15) is 67.7 Å². The van der Waals surface area contributed by atoms with Crippen LogP contribution < -0.4 is 4.90 Å². The highest BCUT2D eigenvalue weighted by Crippen LogP contribution is 2.49. The van der Waals surface area contributed by atoms with E-state index in [9.17, 15) is 0 Å². The monoisotopic (exact) mass is 520 g/mol. The molecule has 2 aliphatic rings. The third-order valence-electron chi connectivity index (χ3n) is 7.82. The van der Waals surface area contributed by atoms with Gasteiger partial charge in [0.15, 0.2) is 0 Å². The molecule has 38 heavy (non-hydrogen) atoms. The average molecular weight is 521 g/mol. The van der Waals surface area contributed by atoms with Gasteiger partial charge in [0.25, 0.3) is 0 Å². The zero-order valence-corrected chi connectivity index (χ0v) is 24.5. The number of rotatable bonds is 2. The van der Waals surface area contributed by atoms with E-state index in [0.717, 1.165) is 5.92 Å². The maximum absolute atomic E-state index is 3.66. The van der Waals surface area contributed by atoms with E-state index in [-0.39, 0.29) is 0 Å². The standard InChI is InChI=1S/C23H20N2S.C8H10.C4H10/c1-13-9-18-16(10-15(13)14-7-8-14)17-11-21-23(12-19(17)24-18)26-22-6-4-3-5-20(22)25(21)2;1-7-5-3-4-6-8(7)2;1-3-4-2/h3-6,9-12,14,24H,7-8H2,1-2H3;3-6H,1-2H3;3-4H2,1-2H3. The van der Waals surface area contributed by atoms with Crippen LogP contribution in [0.2, 0.25) is 0 Å². The summed E-state index contributed by atoms with van der Waals surface area (Å²) in [5, 5.41) is 2.71. The smallest absolute Gasteiger partial charge is 0.0558 e. The molecule has 7 rings (SSSR count). The second-order valence-corrected chi connectivity index (χ2v) is 11.8. The van der Waals surface area contributed by atoms with Gasteiger partial charge < -0.3 is 9.88 Å². The molecule has 0 atom stereocenters. The maximum Gasteiger partial charge on any atom is 0.0558 e. The number of aromatic amines is 1. The first-order valence-corrected chi connectivity index (χ1v) is 14.9. The summed E-state index contributed by atoms with van der Waals surface area (Å²) in [6.07, 6.45) is 5.33. The highest BCUT2D eigenvalue weighted by molar-refractivity contribution is 7.99. The van der Waals surface area contributed by atoms with Crippen LogP contribution in [-0.4, -0.2) is 12.0 Å². The van der Waals surface area contributed by atoms with Crippen molar-refractivity contribution in [3.05, 3.63) is 95.1 Å². The number of H-pyrrole nitrogens is 1. The molecule has 1 saturated carbocycles. The highest BCUT2D eigenvalue weighted by Gasteiger charge is 2.26. The Labute approximate surface area is 232 Å². The van der Waals surface area contributed by atoms with Crippen molar-refractivity contribution in [2.45, 2.75) is 76.0 Å². The number of fused-ring (bicyclic) bond motifs is 5. The Bertz CT molecular complexity index is 1550. The molecular formula is C35H40N2S. The van der Waals surface area contributed by atoms with Gasteiger partial charge in [-0.3, -0.25) is 0 Å². The van der Waals surface area contributed by atoms with Crippen LogP contribution in [0.15, 0.2) is 82.6 Å². The third-order valence-corrected chi connectivity index (χ3v) is 8.93. The Kier molecular flexibility index (Phi) is 7.85. The van der Waals surface area contributed by atoms with E-state index >= 15 is 0 Å². The molecule has 3 heteroatoms. The molecule has 0 amide bonds. The lowest BCUT2D eigenvalue weighted by Gasteiger charge is -2.29. The predicted octanol–water partition coefficient (Wildman–Crippen LogP) is 10.8. The first-order chi connectivity index (χ1) is 18.4. The molecule has 0 bridgehead atoms. The highest BCUT2D eigenvalue weighted by atomic mass is 32.2. The molecule has 0 unspecified atom stereocenters. The van der Waals surface area contributed by atoms with Crippen molar-refractivity contribution in [1.29, 1.82) is 0 Å². The molecule has 1 fully saturated rings. The largest absolute Gasteiger partial charge is 0.354 e. The molecule has 196 valence electrons. The zero-order chi connectivity index (χ0) is 26.8. The summed E-state index contributed by atoms with van der Waals surface area (Å²) in [5.41, 5.74) is 10.8. The molecule has 0 spiro atoms. The van der Waals surface area contributed by atoms with Gasteiger partial charge in [-0.1, -0.05) is 74.8 Å². The van der Waals surface area contributed by atoms with Crippen LogP contribution in [0.25, 0.3) is 21.8 Å². The number of nitrogens with zero attached hydrogens (tertiary/aromatic N) is 1. The number of hydrogen-bond donors (Lipinski definition) is 1. The lowest BCUT2D eigenvalue weighted by atomic mass is 10.0. The Hall–Kier alpha value is -3.17. The SMILES string of the molecule is CCCC.Cc1cc2[nH]c3cc4c(cc3c2cc1C1CC1)N(C)c1ccccc1S4.Cc1ccccc1C. The molecular weight excluding hydrogens is 480 g/mol. The molecule has 5 aromatic rings. The number of para-hydroxylation sites is 1. The second-order valence-electron chi connectivity index (χ2n) is 10.7. The van der Waals surface area contributed by atoms with E-state index in [0.29, 0.717) is 0 Å². The predicted molar refractivity (Wildman–Crippen MR) is 168 cm³/mol. The van der Waals surface area contributed by atoms with E-state index in [1.165, 1.54) is 85.3 Å². The number of aromatic nitrogens is 1. The van der Waals surface area contributed by atoms with Crippen LogP contribution >= 0.6 is 11.8 Å². The number of unbranched alkanes of at least 4 members (excludes halogenated alkanes) is 1. The molecule has 1 aromatic heterocycles. The third kappa shape index (κ3) is 5.35. The van der Waals surface area contributed by atoms with Gasteiger partial charge in [0.2, 0.25) is 0 Å². The van der Waals surface area contributed by atoms with Crippen molar-refractivity contribution in [3.8, 4) is 0 Å². The second kappa shape index (κ2) is 11.3. The van der Waals surface area contributed by atoms with Crippen molar-refractivity contribution >= 4 is 44.9 Å². The van der Waals surface area contributed by atoms with Gasteiger partial charge in [0.1, 0.15) is 0 Å². The quantitative estimate of drug-likeness (QED) is 0.250. The van der Waals surface area contributed by atoms with Gasteiger partial charge in [0, 0.05) is 38.6 Å². The van der Waals surface area contributed by atoms with E-state index < -0.39 is 0 Å². The lowest BCUT2D eigenvalue weighted by molar-refractivity contribution is 0.886. The van der Waals surface area contributed by atoms with E-state index in [2.05, 4.69) is 124 Å². The Morgan fingerprint density at radius 3 is 1.95 bits per heavy atom. The topological polar surface area (TPSA) is 19.0 Å². The summed E-state index contributed by atoms with van der Waals surface area (Å²) in [5.74, 6) is 0.784. The minimum Gasteiger partial charge on any atom is -0.354 e. The molecule has 1 aliphatic heterocycles. The van der Waals surface area contributed by atoms with Gasteiger partial charge in [0.05, 0.1) is 11.4 Å². The number of nitrogens with one attached hydrogen (secondary N) is 1. The van der Waals surface area contributed by atoms with Gasteiger partial charge in [-0.25, -0.2) is 0 Å². The Morgan fingerprint density at radius 1 is 0.711 bits per heavy atom. The molecule has 0 saturated heterocycles. The lowest BCUT2D eigenvalue weighted by Crippen LogP contribution is -2.14. The first-order valence-electron chi connectivity index (χ1n) is 14.0. The van der Waals surface area contributed by atoms with Gasteiger partial charge in [-0.05, 0) is 98.2 Å². The van der Waals surface area contributed by atoms with Crippen LogP contribution in [0.5, 0.6) is 0 Å². The maximum atomic E-state index is 3.66.